The first-order valence-corrected chi connectivity index (χ1v) is 8.77. The van der Waals surface area contributed by atoms with Crippen molar-refractivity contribution in [3.05, 3.63) is 29.8 Å². The summed E-state index contributed by atoms with van der Waals surface area (Å²) in [6, 6.07) is 7.25. The topological polar surface area (TPSA) is 67.9 Å². The Morgan fingerprint density at radius 2 is 2.08 bits per heavy atom. The molecule has 0 aliphatic carbocycles. The molecule has 25 heavy (non-hydrogen) atoms. The van der Waals surface area contributed by atoms with Crippen LogP contribution in [0.5, 0.6) is 5.75 Å². The number of carbonyl (C=O) groups excluding carboxylic acids is 2. The quantitative estimate of drug-likeness (QED) is 0.888. The predicted octanol–water partition coefficient (Wildman–Crippen LogP) is 3.07. The molecule has 0 spiro atoms. The van der Waals surface area contributed by atoms with E-state index in [4.69, 9.17) is 9.47 Å². The normalized spacial score (nSPS) is 17.3. The van der Waals surface area contributed by atoms with Crippen LogP contribution in [0.15, 0.2) is 24.3 Å². The van der Waals surface area contributed by atoms with Gasteiger partial charge in [0, 0.05) is 25.2 Å². The van der Waals surface area contributed by atoms with Crippen molar-refractivity contribution in [3.63, 3.8) is 0 Å². The van der Waals surface area contributed by atoms with Crippen LogP contribution in [0.3, 0.4) is 0 Å². The van der Waals surface area contributed by atoms with Gasteiger partial charge < -0.3 is 19.7 Å². The second kappa shape index (κ2) is 8.23. The van der Waals surface area contributed by atoms with Gasteiger partial charge in [-0.1, -0.05) is 6.07 Å². The van der Waals surface area contributed by atoms with E-state index in [1.807, 2.05) is 44.7 Å². The number of likely N-dealkylation sites (tertiary alicyclic amines) is 1. The summed E-state index contributed by atoms with van der Waals surface area (Å²) in [5.41, 5.74) is 0.125. The highest BCUT2D eigenvalue weighted by molar-refractivity contribution is 5.94. The van der Waals surface area contributed by atoms with Crippen molar-refractivity contribution in [1.29, 1.82) is 0 Å². The van der Waals surface area contributed by atoms with Gasteiger partial charge in [0.25, 0.3) is 5.91 Å². The molecule has 1 unspecified atom stereocenters. The third-order valence-electron chi connectivity index (χ3n) is 3.90. The molecule has 1 heterocycles. The Morgan fingerprint density at radius 1 is 1.32 bits per heavy atom. The van der Waals surface area contributed by atoms with Crippen LogP contribution in [0.4, 0.5) is 4.79 Å². The number of hydrogen-bond acceptors (Lipinski definition) is 4. The lowest BCUT2D eigenvalue weighted by Crippen LogP contribution is -2.36. The van der Waals surface area contributed by atoms with Crippen molar-refractivity contribution >= 4 is 12.0 Å². The molecule has 6 heteroatoms. The fraction of sp³-hybridized carbons (Fsp3) is 0.579. The first-order chi connectivity index (χ1) is 11.8. The lowest BCUT2D eigenvalue weighted by molar-refractivity contribution is 0.0520. The van der Waals surface area contributed by atoms with E-state index in [0.29, 0.717) is 37.6 Å². The molecule has 1 atom stereocenters. The smallest absolute Gasteiger partial charge is 0.407 e. The Bertz CT molecular complexity index is 610. The zero-order valence-electron chi connectivity index (χ0n) is 15.5. The average Bonchev–Trinajstić information content (AvgIpc) is 3.00. The third kappa shape index (κ3) is 5.96. The molecule has 2 amide bonds. The molecule has 0 radical (unpaired) electrons. The van der Waals surface area contributed by atoms with Crippen molar-refractivity contribution < 1.29 is 19.1 Å². The molecule has 1 aromatic rings. The molecular weight excluding hydrogens is 320 g/mol. The maximum absolute atomic E-state index is 12.6. The van der Waals surface area contributed by atoms with E-state index in [-0.39, 0.29) is 11.8 Å². The SMILES string of the molecule is CCOc1cccc(C(=O)N2CCC(CNC(=O)OC(C)(C)C)C2)c1. The number of hydrogen-bond donors (Lipinski definition) is 1. The first-order valence-electron chi connectivity index (χ1n) is 8.77. The van der Waals surface area contributed by atoms with Crippen LogP contribution in [0.1, 0.15) is 44.5 Å². The summed E-state index contributed by atoms with van der Waals surface area (Å²) in [6.07, 6.45) is 0.453. The van der Waals surface area contributed by atoms with Crippen LogP contribution in [0.25, 0.3) is 0 Å². The van der Waals surface area contributed by atoms with Gasteiger partial charge in [0.05, 0.1) is 6.61 Å². The van der Waals surface area contributed by atoms with Gasteiger partial charge in [-0.25, -0.2) is 4.79 Å². The van der Waals surface area contributed by atoms with Gasteiger partial charge >= 0.3 is 6.09 Å². The van der Waals surface area contributed by atoms with Gasteiger partial charge in [-0.2, -0.15) is 0 Å². The highest BCUT2D eigenvalue weighted by atomic mass is 16.6. The van der Waals surface area contributed by atoms with Crippen LogP contribution in [-0.2, 0) is 4.74 Å². The van der Waals surface area contributed by atoms with E-state index in [1.165, 1.54) is 0 Å². The molecule has 0 aromatic heterocycles. The fourth-order valence-corrected chi connectivity index (χ4v) is 2.79. The van der Waals surface area contributed by atoms with Crippen LogP contribution < -0.4 is 10.1 Å². The van der Waals surface area contributed by atoms with Crippen molar-refractivity contribution in [1.82, 2.24) is 10.2 Å². The highest BCUT2D eigenvalue weighted by Crippen LogP contribution is 2.20. The van der Waals surface area contributed by atoms with Crippen molar-refractivity contribution in [2.24, 2.45) is 5.92 Å². The van der Waals surface area contributed by atoms with Crippen molar-refractivity contribution in [3.8, 4) is 5.75 Å². The number of ether oxygens (including phenoxy) is 2. The van der Waals surface area contributed by atoms with Gasteiger partial charge in [0.1, 0.15) is 11.4 Å². The molecule has 1 aliphatic heterocycles. The van der Waals surface area contributed by atoms with Gasteiger partial charge in [0.2, 0.25) is 0 Å². The minimum Gasteiger partial charge on any atom is -0.494 e. The molecule has 2 rings (SSSR count). The summed E-state index contributed by atoms with van der Waals surface area (Å²) < 4.78 is 10.7. The molecule has 1 aliphatic rings. The zero-order chi connectivity index (χ0) is 18.4. The number of rotatable bonds is 5. The number of alkyl carbamates (subject to hydrolysis) is 1. The molecule has 1 N–H and O–H groups in total. The third-order valence-corrected chi connectivity index (χ3v) is 3.90. The van der Waals surface area contributed by atoms with E-state index in [9.17, 15) is 9.59 Å². The Hall–Kier alpha value is -2.24. The summed E-state index contributed by atoms with van der Waals surface area (Å²) in [4.78, 5) is 26.2. The van der Waals surface area contributed by atoms with Gasteiger partial charge in [-0.05, 0) is 58.2 Å². The highest BCUT2D eigenvalue weighted by Gasteiger charge is 2.28. The number of carbonyl (C=O) groups is 2. The Kier molecular flexibility index (Phi) is 6.28. The van der Waals surface area contributed by atoms with Gasteiger partial charge in [-0.3, -0.25) is 4.79 Å². The lowest BCUT2D eigenvalue weighted by atomic mass is 10.1. The lowest BCUT2D eigenvalue weighted by Gasteiger charge is -2.21. The number of nitrogens with zero attached hydrogens (tertiary/aromatic N) is 1. The van der Waals surface area contributed by atoms with Crippen molar-refractivity contribution in [2.75, 3.05) is 26.2 Å². The fourth-order valence-electron chi connectivity index (χ4n) is 2.79. The van der Waals surface area contributed by atoms with E-state index in [0.717, 1.165) is 6.42 Å². The Labute approximate surface area is 149 Å². The first kappa shape index (κ1) is 19.1. The maximum atomic E-state index is 12.6. The van der Waals surface area contributed by atoms with Crippen LogP contribution in [0.2, 0.25) is 0 Å². The molecule has 1 fully saturated rings. The van der Waals surface area contributed by atoms with E-state index in [1.54, 1.807) is 12.1 Å². The summed E-state index contributed by atoms with van der Waals surface area (Å²) >= 11 is 0. The minimum absolute atomic E-state index is 0.00122. The molecule has 1 aromatic carbocycles. The monoisotopic (exact) mass is 348 g/mol. The molecule has 138 valence electrons. The number of amides is 2. The summed E-state index contributed by atoms with van der Waals surface area (Å²) in [5.74, 6) is 0.948. The molecule has 0 saturated carbocycles. The van der Waals surface area contributed by atoms with Crippen molar-refractivity contribution in [2.45, 2.75) is 39.7 Å². The molecule has 6 nitrogen and oxygen atoms in total. The number of nitrogens with one attached hydrogen (secondary N) is 1. The van der Waals surface area contributed by atoms with E-state index < -0.39 is 11.7 Å². The van der Waals surface area contributed by atoms with E-state index >= 15 is 0 Å². The molecule has 1 saturated heterocycles. The number of benzene rings is 1. The Morgan fingerprint density at radius 3 is 2.76 bits per heavy atom. The van der Waals surface area contributed by atoms with Crippen LogP contribution in [-0.4, -0.2) is 48.7 Å². The summed E-state index contributed by atoms with van der Waals surface area (Å²) in [7, 11) is 0. The summed E-state index contributed by atoms with van der Waals surface area (Å²) in [6.45, 7) is 9.82. The minimum atomic E-state index is -0.507. The molecular formula is C19H28N2O4. The van der Waals surface area contributed by atoms with Crippen LogP contribution >= 0.6 is 0 Å². The largest absolute Gasteiger partial charge is 0.494 e. The maximum Gasteiger partial charge on any atom is 0.407 e. The van der Waals surface area contributed by atoms with Gasteiger partial charge in [-0.15, -0.1) is 0 Å². The second-order valence-corrected chi connectivity index (χ2v) is 7.25. The summed E-state index contributed by atoms with van der Waals surface area (Å²) in [5, 5.41) is 2.79. The molecule has 0 bridgehead atoms. The van der Waals surface area contributed by atoms with Crippen LogP contribution in [0, 0.1) is 5.92 Å². The van der Waals surface area contributed by atoms with E-state index in [2.05, 4.69) is 5.32 Å². The predicted molar refractivity (Wildman–Crippen MR) is 95.9 cm³/mol. The second-order valence-electron chi connectivity index (χ2n) is 7.25. The van der Waals surface area contributed by atoms with Gasteiger partial charge in [0.15, 0.2) is 0 Å². The standard InChI is InChI=1S/C19H28N2O4/c1-5-24-16-8-6-7-15(11-16)17(22)21-10-9-14(13-21)12-20-18(23)25-19(2,3)4/h6-8,11,14H,5,9-10,12-13H2,1-4H3,(H,20,23). The Balaban J connectivity index is 1.84. The average molecular weight is 348 g/mol. The zero-order valence-corrected chi connectivity index (χ0v) is 15.5.